The number of aliphatic hydroxyl groups excluding tert-OH is 1. The second-order valence-corrected chi connectivity index (χ2v) is 6.16. The number of nitrogens with zero attached hydrogens (tertiary/aromatic N) is 1. The molecule has 1 N–H and O–H groups in total. The lowest BCUT2D eigenvalue weighted by molar-refractivity contribution is 0.0992. The maximum atomic E-state index is 10.6. The minimum Gasteiger partial charge on any atom is -0.486 e. The third-order valence-electron chi connectivity index (χ3n) is 4.36. The summed E-state index contributed by atoms with van der Waals surface area (Å²) in [5.74, 6) is 2.41. The second kappa shape index (κ2) is 6.26. The first-order chi connectivity index (χ1) is 11.3. The van der Waals surface area contributed by atoms with E-state index in [2.05, 4.69) is 4.90 Å². The lowest BCUT2D eigenvalue weighted by Crippen LogP contribution is -2.30. The van der Waals surface area contributed by atoms with Crippen LogP contribution in [0.1, 0.15) is 30.3 Å². The monoisotopic (exact) mass is 315 g/mol. The van der Waals surface area contributed by atoms with E-state index in [9.17, 15) is 5.11 Å². The molecule has 2 heterocycles. The van der Waals surface area contributed by atoms with E-state index in [-0.39, 0.29) is 0 Å². The smallest absolute Gasteiger partial charge is 0.161 e. The van der Waals surface area contributed by atoms with Gasteiger partial charge in [-0.15, -0.1) is 0 Å². The van der Waals surface area contributed by atoms with Crippen molar-refractivity contribution in [2.75, 3.05) is 19.8 Å². The summed E-state index contributed by atoms with van der Waals surface area (Å²) in [4.78, 5) is 2.29. The quantitative estimate of drug-likeness (QED) is 0.888. The van der Waals surface area contributed by atoms with Crippen molar-refractivity contribution in [2.45, 2.75) is 31.5 Å². The highest BCUT2D eigenvalue weighted by molar-refractivity contribution is 5.44. The molecular formula is C18H21NO4. The third kappa shape index (κ3) is 3.35. The van der Waals surface area contributed by atoms with Crippen molar-refractivity contribution in [3.63, 3.8) is 0 Å². The number of ether oxygens (including phenoxy) is 2. The van der Waals surface area contributed by atoms with Crippen molar-refractivity contribution in [1.29, 1.82) is 0 Å². The maximum absolute atomic E-state index is 10.6. The minimum atomic E-state index is -0.554. The zero-order valence-corrected chi connectivity index (χ0v) is 13.0. The van der Waals surface area contributed by atoms with Gasteiger partial charge in [-0.2, -0.15) is 0 Å². The maximum Gasteiger partial charge on any atom is 0.161 e. The molecule has 0 bridgehead atoms. The Balaban J connectivity index is 1.46. The SMILES string of the molecule is OC(CN(Cc1ccco1)C1CC1)c1ccc2c(c1)OCCO2. The predicted molar refractivity (Wildman–Crippen MR) is 84.5 cm³/mol. The van der Waals surface area contributed by atoms with Gasteiger partial charge >= 0.3 is 0 Å². The van der Waals surface area contributed by atoms with Gasteiger partial charge in [0, 0.05) is 12.6 Å². The number of hydrogen-bond acceptors (Lipinski definition) is 5. The van der Waals surface area contributed by atoms with E-state index in [1.807, 2.05) is 30.3 Å². The number of aliphatic hydroxyl groups is 1. The lowest BCUT2D eigenvalue weighted by atomic mass is 10.1. The van der Waals surface area contributed by atoms with Gasteiger partial charge < -0.3 is 19.0 Å². The highest BCUT2D eigenvalue weighted by atomic mass is 16.6. The molecule has 1 aliphatic carbocycles. The van der Waals surface area contributed by atoms with Crippen LogP contribution in [0.5, 0.6) is 11.5 Å². The highest BCUT2D eigenvalue weighted by Gasteiger charge is 2.31. The molecule has 0 radical (unpaired) electrons. The van der Waals surface area contributed by atoms with Crippen molar-refractivity contribution in [1.82, 2.24) is 4.90 Å². The first kappa shape index (κ1) is 14.6. The van der Waals surface area contributed by atoms with E-state index in [0.29, 0.717) is 25.8 Å². The first-order valence-electron chi connectivity index (χ1n) is 8.13. The number of hydrogen-bond donors (Lipinski definition) is 1. The molecular weight excluding hydrogens is 294 g/mol. The Morgan fingerprint density at radius 1 is 1.13 bits per heavy atom. The molecule has 1 aromatic heterocycles. The predicted octanol–water partition coefficient (Wildman–Crippen LogP) is 2.75. The molecule has 1 aliphatic heterocycles. The van der Waals surface area contributed by atoms with Crippen LogP contribution in [0.25, 0.3) is 0 Å². The van der Waals surface area contributed by atoms with Gasteiger partial charge in [-0.05, 0) is 42.7 Å². The second-order valence-electron chi connectivity index (χ2n) is 6.16. The Kier molecular flexibility index (Phi) is 3.97. The summed E-state index contributed by atoms with van der Waals surface area (Å²) in [6, 6.07) is 10.1. The van der Waals surface area contributed by atoms with Crippen molar-refractivity contribution in [3.05, 3.63) is 47.9 Å². The molecule has 23 heavy (non-hydrogen) atoms. The van der Waals surface area contributed by atoms with Crippen molar-refractivity contribution in [3.8, 4) is 11.5 Å². The molecule has 1 atom stereocenters. The molecule has 5 nitrogen and oxygen atoms in total. The van der Waals surface area contributed by atoms with Gasteiger partial charge in [-0.3, -0.25) is 4.90 Å². The van der Waals surface area contributed by atoms with Gasteiger partial charge in [0.05, 0.1) is 18.9 Å². The number of fused-ring (bicyclic) bond motifs is 1. The molecule has 122 valence electrons. The van der Waals surface area contributed by atoms with Crippen molar-refractivity contribution in [2.24, 2.45) is 0 Å². The molecule has 1 fully saturated rings. The van der Waals surface area contributed by atoms with E-state index in [0.717, 1.165) is 29.4 Å². The summed E-state index contributed by atoms with van der Waals surface area (Å²) in [5.41, 5.74) is 0.861. The molecule has 1 saturated carbocycles. The van der Waals surface area contributed by atoms with Crippen molar-refractivity contribution < 1.29 is 19.0 Å². The summed E-state index contributed by atoms with van der Waals surface area (Å²) in [6.45, 7) is 2.46. The summed E-state index contributed by atoms with van der Waals surface area (Å²) in [6.07, 6.45) is 3.52. The molecule has 0 spiro atoms. The fourth-order valence-corrected chi connectivity index (χ4v) is 2.98. The molecule has 0 saturated heterocycles. The third-order valence-corrected chi connectivity index (χ3v) is 4.36. The fourth-order valence-electron chi connectivity index (χ4n) is 2.98. The Morgan fingerprint density at radius 2 is 1.96 bits per heavy atom. The zero-order chi connectivity index (χ0) is 15.6. The zero-order valence-electron chi connectivity index (χ0n) is 13.0. The number of rotatable bonds is 6. The molecule has 5 heteroatoms. The standard InChI is InChI=1S/C18H21NO4/c20-16(13-3-6-17-18(10-13)23-9-8-22-17)12-19(14-4-5-14)11-15-2-1-7-21-15/h1-3,6-7,10,14,16,20H,4-5,8-9,11-12H2. The van der Waals surface area contributed by atoms with Crippen LogP contribution in [-0.2, 0) is 6.54 Å². The summed E-state index contributed by atoms with van der Waals surface area (Å²) in [7, 11) is 0. The van der Waals surface area contributed by atoms with Crippen LogP contribution in [0.2, 0.25) is 0 Å². The van der Waals surface area contributed by atoms with Gasteiger partial charge in [0.15, 0.2) is 11.5 Å². The molecule has 2 aromatic rings. The topological polar surface area (TPSA) is 55.1 Å². The van der Waals surface area contributed by atoms with Crippen LogP contribution >= 0.6 is 0 Å². The minimum absolute atomic E-state index is 0.548. The van der Waals surface area contributed by atoms with Gasteiger partial charge in [-0.1, -0.05) is 6.07 Å². The summed E-state index contributed by atoms with van der Waals surface area (Å²) in [5, 5.41) is 10.6. The van der Waals surface area contributed by atoms with Crippen LogP contribution in [0.4, 0.5) is 0 Å². The van der Waals surface area contributed by atoms with Crippen LogP contribution in [-0.4, -0.2) is 35.8 Å². The summed E-state index contributed by atoms with van der Waals surface area (Å²) >= 11 is 0. The Labute approximate surface area is 135 Å². The Morgan fingerprint density at radius 3 is 2.70 bits per heavy atom. The van der Waals surface area contributed by atoms with Crippen LogP contribution in [0, 0.1) is 0 Å². The van der Waals surface area contributed by atoms with Crippen LogP contribution < -0.4 is 9.47 Å². The van der Waals surface area contributed by atoms with Crippen LogP contribution in [0.15, 0.2) is 41.0 Å². The van der Waals surface area contributed by atoms with E-state index in [1.165, 1.54) is 12.8 Å². The largest absolute Gasteiger partial charge is 0.486 e. The molecule has 0 amide bonds. The van der Waals surface area contributed by atoms with Gasteiger partial charge in [0.1, 0.15) is 19.0 Å². The average molecular weight is 315 g/mol. The van der Waals surface area contributed by atoms with Gasteiger partial charge in [0.2, 0.25) is 0 Å². The molecule has 1 unspecified atom stereocenters. The average Bonchev–Trinajstić information content (AvgIpc) is 3.31. The lowest BCUT2D eigenvalue weighted by Gasteiger charge is -2.25. The van der Waals surface area contributed by atoms with E-state index in [4.69, 9.17) is 13.9 Å². The number of furan rings is 1. The van der Waals surface area contributed by atoms with Gasteiger partial charge in [-0.25, -0.2) is 0 Å². The highest BCUT2D eigenvalue weighted by Crippen LogP contribution is 2.34. The molecule has 1 aromatic carbocycles. The Hall–Kier alpha value is -1.98. The normalized spacial score (nSPS) is 18.2. The van der Waals surface area contributed by atoms with Gasteiger partial charge in [0.25, 0.3) is 0 Å². The fraction of sp³-hybridized carbons (Fsp3) is 0.444. The van der Waals surface area contributed by atoms with E-state index in [1.54, 1.807) is 6.26 Å². The summed E-state index contributed by atoms with van der Waals surface area (Å²) < 4.78 is 16.6. The van der Waals surface area contributed by atoms with E-state index >= 15 is 0 Å². The van der Waals surface area contributed by atoms with Crippen LogP contribution in [0.3, 0.4) is 0 Å². The number of benzene rings is 1. The first-order valence-corrected chi connectivity index (χ1v) is 8.13. The van der Waals surface area contributed by atoms with E-state index < -0.39 is 6.10 Å². The van der Waals surface area contributed by atoms with Crippen molar-refractivity contribution >= 4 is 0 Å². The molecule has 4 rings (SSSR count). The molecule has 2 aliphatic rings. The Bertz CT molecular complexity index is 651.